The molecule has 0 aromatic carbocycles. The number of aliphatic hydroxyl groups is 1. The van der Waals surface area contributed by atoms with Gasteiger partial charge in [0.2, 0.25) is 0 Å². The zero-order chi connectivity index (χ0) is 11.5. The van der Waals surface area contributed by atoms with Crippen LogP contribution in [0.15, 0.2) is 24.3 Å². The summed E-state index contributed by atoms with van der Waals surface area (Å²) in [5.41, 5.74) is 0. The second kappa shape index (κ2) is 9.04. The zero-order valence-corrected chi connectivity index (χ0v) is 8.85. The van der Waals surface area contributed by atoms with Crippen molar-refractivity contribution in [3.63, 3.8) is 0 Å². The molecule has 3 nitrogen and oxygen atoms in total. The third kappa shape index (κ3) is 8.79. The van der Waals surface area contributed by atoms with Gasteiger partial charge in [-0.2, -0.15) is 0 Å². The van der Waals surface area contributed by atoms with E-state index in [1.165, 1.54) is 13.2 Å². The molecule has 0 rings (SSSR count). The van der Waals surface area contributed by atoms with Crippen molar-refractivity contribution in [1.29, 1.82) is 0 Å². The molecule has 0 saturated carbocycles. The van der Waals surface area contributed by atoms with Gasteiger partial charge in [0.15, 0.2) is 0 Å². The molecule has 3 heteroatoms. The summed E-state index contributed by atoms with van der Waals surface area (Å²) in [5, 5.41) is 9.31. The van der Waals surface area contributed by atoms with Gasteiger partial charge in [-0.1, -0.05) is 18.1 Å². The summed E-state index contributed by atoms with van der Waals surface area (Å²) >= 11 is 0. The molecule has 0 spiro atoms. The largest absolute Gasteiger partial charge is 0.469 e. The Morgan fingerprint density at radius 3 is 2.93 bits per heavy atom. The van der Waals surface area contributed by atoms with Crippen LogP contribution in [0.4, 0.5) is 0 Å². The molecule has 1 N–H and O–H groups in total. The second-order valence-corrected chi connectivity index (χ2v) is 2.92. The van der Waals surface area contributed by atoms with Gasteiger partial charge >= 0.3 is 5.97 Å². The van der Waals surface area contributed by atoms with E-state index in [2.05, 4.69) is 10.7 Å². The fourth-order valence-corrected chi connectivity index (χ4v) is 0.902. The van der Waals surface area contributed by atoms with E-state index in [1.807, 2.05) is 12.2 Å². The highest BCUT2D eigenvalue weighted by Crippen LogP contribution is 1.98. The number of hydrogen-bond acceptors (Lipinski definition) is 3. The van der Waals surface area contributed by atoms with Crippen LogP contribution in [0.1, 0.15) is 19.3 Å². The summed E-state index contributed by atoms with van der Waals surface area (Å²) in [6, 6.07) is 0. The summed E-state index contributed by atoms with van der Waals surface area (Å²) in [6.07, 6.45) is 12.6. The van der Waals surface area contributed by atoms with Gasteiger partial charge in [0.25, 0.3) is 0 Å². The molecular weight excluding hydrogens is 192 g/mol. The van der Waals surface area contributed by atoms with Crippen LogP contribution in [0.25, 0.3) is 0 Å². The molecular formula is C12H16O3. The van der Waals surface area contributed by atoms with Crippen molar-refractivity contribution < 1.29 is 14.6 Å². The van der Waals surface area contributed by atoms with Crippen LogP contribution < -0.4 is 0 Å². The number of aliphatic hydroxyl groups excluding tert-OH is 1. The SMILES string of the molecule is C#C/C=C/[C@@H](O)C/C=C\CCC(=O)OC. The van der Waals surface area contributed by atoms with Crippen molar-refractivity contribution in [2.45, 2.75) is 25.4 Å². The van der Waals surface area contributed by atoms with Crippen LogP contribution in [0.2, 0.25) is 0 Å². The number of rotatable bonds is 6. The molecule has 0 unspecified atom stereocenters. The first-order chi connectivity index (χ1) is 7.20. The van der Waals surface area contributed by atoms with Gasteiger partial charge in [0.05, 0.1) is 13.2 Å². The minimum absolute atomic E-state index is 0.229. The van der Waals surface area contributed by atoms with Crippen molar-refractivity contribution >= 4 is 5.97 Å². The minimum Gasteiger partial charge on any atom is -0.469 e. The molecule has 0 aliphatic heterocycles. The molecule has 0 bridgehead atoms. The Morgan fingerprint density at radius 2 is 2.33 bits per heavy atom. The Kier molecular flexibility index (Phi) is 8.12. The van der Waals surface area contributed by atoms with Crippen LogP contribution >= 0.6 is 0 Å². The van der Waals surface area contributed by atoms with E-state index in [1.54, 1.807) is 6.08 Å². The van der Waals surface area contributed by atoms with Crippen LogP contribution in [0.3, 0.4) is 0 Å². The number of carbonyl (C=O) groups is 1. The molecule has 0 aliphatic carbocycles. The molecule has 15 heavy (non-hydrogen) atoms. The number of terminal acetylenes is 1. The van der Waals surface area contributed by atoms with E-state index < -0.39 is 6.10 Å². The highest BCUT2D eigenvalue weighted by atomic mass is 16.5. The topological polar surface area (TPSA) is 46.5 Å². The highest BCUT2D eigenvalue weighted by Gasteiger charge is 1.96. The number of allylic oxidation sites excluding steroid dienone is 2. The van der Waals surface area contributed by atoms with E-state index in [-0.39, 0.29) is 5.97 Å². The number of esters is 1. The smallest absolute Gasteiger partial charge is 0.305 e. The monoisotopic (exact) mass is 208 g/mol. The van der Waals surface area contributed by atoms with Crippen molar-refractivity contribution in [2.24, 2.45) is 0 Å². The number of carbonyl (C=O) groups excluding carboxylic acids is 1. The first-order valence-corrected chi connectivity index (χ1v) is 4.73. The number of methoxy groups -OCH3 is 1. The van der Waals surface area contributed by atoms with Crippen LogP contribution in [0.5, 0.6) is 0 Å². The lowest BCUT2D eigenvalue weighted by Gasteiger charge is -1.98. The molecule has 82 valence electrons. The van der Waals surface area contributed by atoms with E-state index in [0.717, 1.165) is 0 Å². The van der Waals surface area contributed by atoms with Crippen molar-refractivity contribution in [2.75, 3.05) is 7.11 Å². The van der Waals surface area contributed by atoms with Crippen molar-refractivity contribution in [1.82, 2.24) is 0 Å². The Labute approximate surface area is 90.4 Å². The fourth-order valence-electron chi connectivity index (χ4n) is 0.902. The molecule has 0 radical (unpaired) electrons. The zero-order valence-electron chi connectivity index (χ0n) is 8.85. The Morgan fingerprint density at radius 1 is 1.60 bits per heavy atom. The lowest BCUT2D eigenvalue weighted by molar-refractivity contribution is -0.140. The molecule has 1 atom stereocenters. The van der Waals surface area contributed by atoms with Crippen LogP contribution in [-0.4, -0.2) is 24.3 Å². The maximum absolute atomic E-state index is 10.7. The average molecular weight is 208 g/mol. The normalized spacial score (nSPS) is 12.9. The Bertz CT molecular complexity index is 271. The summed E-state index contributed by atoms with van der Waals surface area (Å²) < 4.78 is 4.48. The predicted molar refractivity (Wildman–Crippen MR) is 59.0 cm³/mol. The first kappa shape index (κ1) is 13.5. The Hall–Kier alpha value is -1.53. The lowest BCUT2D eigenvalue weighted by Crippen LogP contribution is -1.99. The lowest BCUT2D eigenvalue weighted by atomic mass is 10.2. The van der Waals surface area contributed by atoms with Gasteiger partial charge in [-0.3, -0.25) is 4.79 Å². The van der Waals surface area contributed by atoms with Gasteiger partial charge in [-0.25, -0.2) is 0 Å². The quantitative estimate of drug-likeness (QED) is 0.408. The van der Waals surface area contributed by atoms with Gasteiger partial charge in [-0.15, -0.1) is 6.42 Å². The van der Waals surface area contributed by atoms with Gasteiger partial charge in [-0.05, 0) is 25.0 Å². The molecule has 0 amide bonds. The number of hydrogen-bond donors (Lipinski definition) is 1. The molecule has 0 aromatic rings. The first-order valence-electron chi connectivity index (χ1n) is 4.73. The van der Waals surface area contributed by atoms with Gasteiger partial charge in [0.1, 0.15) is 0 Å². The van der Waals surface area contributed by atoms with Crippen molar-refractivity contribution in [3.8, 4) is 12.3 Å². The summed E-state index contributed by atoms with van der Waals surface area (Å²) in [6.45, 7) is 0. The predicted octanol–water partition coefficient (Wildman–Crippen LogP) is 1.44. The van der Waals surface area contributed by atoms with E-state index >= 15 is 0 Å². The second-order valence-electron chi connectivity index (χ2n) is 2.92. The average Bonchev–Trinajstić information content (AvgIpc) is 2.25. The van der Waals surface area contributed by atoms with Crippen molar-refractivity contribution in [3.05, 3.63) is 24.3 Å². The van der Waals surface area contributed by atoms with E-state index in [9.17, 15) is 9.90 Å². The standard InChI is InChI=1S/C12H16O3/c1-3-4-8-11(13)9-6-5-7-10-12(14)15-2/h1,4-6,8,11,13H,7,9-10H2,2H3/b6-5-,8-4+/t11-/m1/s1. The van der Waals surface area contributed by atoms with Crippen LogP contribution in [-0.2, 0) is 9.53 Å². The molecule has 0 saturated heterocycles. The molecule has 0 aromatic heterocycles. The van der Waals surface area contributed by atoms with Crippen LogP contribution in [0, 0.1) is 12.3 Å². The minimum atomic E-state index is -0.560. The molecule has 0 heterocycles. The highest BCUT2D eigenvalue weighted by molar-refractivity contribution is 5.69. The summed E-state index contributed by atoms with van der Waals surface area (Å²) in [4.78, 5) is 10.7. The van der Waals surface area contributed by atoms with Gasteiger partial charge in [0, 0.05) is 6.42 Å². The molecule has 0 fully saturated rings. The maximum Gasteiger partial charge on any atom is 0.305 e. The summed E-state index contributed by atoms with van der Waals surface area (Å²) in [7, 11) is 1.36. The number of ether oxygens (including phenoxy) is 1. The van der Waals surface area contributed by atoms with Gasteiger partial charge < -0.3 is 9.84 Å². The fraction of sp³-hybridized carbons (Fsp3) is 0.417. The molecule has 0 aliphatic rings. The maximum atomic E-state index is 10.7. The summed E-state index contributed by atoms with van der Waals surface area (Å²) in [5.74, 6) is 2.07. The Balaban J connectivity index is 3.59. The third-order valence-corrected chi connectivity index (χ3v) is 1.70. The van der Waals surface area contributed by atoms with E-state index in [4.69, 9.17) is 6.42 Å². The van der Waals surface area contributed by atoms with E-state index in [0.29, 0.717) is 19.3 Å². The third-order valence-electron chi connectivity index (χ3n) is 1.70.